The van der Waals surface area contributed by atoms with Gasteiger partial charge in [0.05, 0.1) is 0 Å². The van der Waals surface area contributed by atoms with Crippen molar-refractivity contribution in [3.8, 4) is 46.0 Å². The molecule has 0 radical (unpaired) electrons. The molecule has 8 heteroatoms. The van der Waals surface area contributed by atoms with Crippen LogP contribution >= 0.6 is 23.5 Å². The largest absolute Gasteiger partial charge is 0.458 e. The van der Waals surface area contributed by atoms with Gasteiger partial charge in [-0.05, 0) is 128 Å². The van der Waals surface area contributed by atoms with E-state index >= 15 is 0 Å². The lowest BCUT2D eigenvalue weighted by molar-refractivity contribution is 0.465. The molecule has 4 heterocycles. The number of ether oxygens (including phenoxy) is 4. The molecule has 0 aliphatic carbocycles. The predicted octanol–water partition coefficient (Wildman–Crippen LogP) is 9.75. The molecule has 0 saturated carbocycles. The Hall–Kier alpha value is -6.47. The van der Waals surface area contributed by atoms with Crippen molar-refractivity contribution in [2.24, 2.45) is 0 Å². The third-order valence-electron chi connectivity index (χ3n) is 11.8. The molecule has 4 aliphatic heterocycles. The number of fused-ring (bicyclic) bond motifs is 12. The predicted molar refractivity (Wildman–Crippen MR) is 238 cm³/mol. The third kappa shape index (κ3) is 4.95. The van der Waals surface area contributed by atoms with Gasteiger partial charge < -0.3 is 18.9 Å². The zero-order valence-electron chi connectivity index (χ0n) is 30.8. The molecule has 0 N–H and O–H groups in total. The highest BCUT2D eigenvalue weighted by Gasteiger charge is 2.44. The normalized spacial score (nSPS) is 13.6. The van der Waals surface area contributed by atoms with Gasteiger partial charge in [-0.3, -0.25) is 0 Å². The SMILES string of the molecule is c1ccc(Oc2ccc3c4c5c(cc3c2)Oc2cc3c(cc2B5c2ccccc2S4)B2c4ccccc4Sc4c2c(cc2cc(Oc5ccccc5)ccc42)O3)cc1. The molecule has 0 saturated heterocycles. The van der Waals surface area contributed by atoms with Crippen LogP contribution in [0.3, 0.4) is 0 Å². The topological polar surface area (TPSA) is 36.9 Å². The van der Waals surface area contributed by atoms with E-state index in [-0.39, 0.29) is 13.4 Å². The van der Waals surface area contributed by atoms with Crippen molar-refractivity contribution < 1.29 is 18.9 Å². The monoisotopic (exact) mass is 778 g/mol. The molecule has 13 rings (SSSR count). The summed E-state index contributed by atoms with van der Waals surface area (Å²) >= 11 is 3.67. The Morgan fingerprint density at radius 2 is 0.810 bits per heavy atom. The Bertz CT molecular complexity index is 3000. The molecule has 0 bridgehead atoms. The van der Waals surface area contributed by atoms with Gasteiger partial charge in [0.25, 0.3) is 13.4 Å². The van der Waals surface area contributed by atoms with E-state index < -0.39 is 0 Å². The maximum atomic E-state index is 7.02. The first-order chi connectivity index (χ1) is 28.7. The highest BCUT2D eigenvalue weighted by molar-refractivity contribution is 8.00. The van der Waals surface area contributed by atoms with Crippen LogP contribution in [0.2, 0.25) is 0 Å². The van der Waals surface area contributed by atoms with Gasteiger partial charge in [0.1, 0.15) is 46.0 Å². The molecule has 4 nitrogen and oxygen atoms in total. The van der Waals surface area contributed by atoms with Crippen LogP contribution in [0.1, 0.15) is 0 Å². The van der Waals surface area contributed by atoms with Gasteiger partial charge in [-0.15, -0.1) is 0 Å². The molecule has 0 amide bonds. The minimum Gasteiger partial charge on any atom is -0.458 e. The van der Waals surface area contributed by atoms with Gasteiger partial charge in [-0.1, -0.05) is 113 Å². The van der Waals surface area contributed by atoms with Gasteiger partial charge in [0, 0.05) is 25.6 Å². The molecule has 270 valence electrons. The van der Waals surface area contributed by atoms with Gasteiger partial charge in [-0.25, -0.2) is 0 Å². The maximum absolute atomic E-state index is 7.02. The summed E-state index contributed by atoms with van der Waals surface area (Å²) in [6.45, 7) is -0.00952. The van der Waals surface area contributed by atoms with E-state index in [4.69, 9.17) is 18.9 Å². The molecular weight excluding hydrogens is 750 g/mol. The smallest absolute Gasteiger partial charge is 0.253 e. The summed E-state index contributed by atoms with van der Waals surface area (Å²) in [5, 5.41) is 4.53. The van der Waals surface area contributed by atoms with Crippen molar-refractivity contribution in [1.29, 1.82) is 0 Å². The van der Waals surface area contributed by atoms with Gasteiger partial charge in [-0.2, -0.15) is 0 Å². The minimum atomic E-state index is -0.00476. The fraction of sp³-hybridized carbons (Fsp3) is 0. The van der Waals surface area contributed by atoms with Gasteiger partial charge >= 0.3 is 0 Å². The Labute approximate surface area is 343 Å². The molecule has 0 atom stereocenters. The van der Waals surface area contributed by atoms with Crippen LogP contribution in [0.25, 0.3) is 21.5 Å². The molecule has 4 aliphatic rings. The van der Waals surface area contributed by atoms with E-state index in [0.717, 1.165) is 67.7 Å². The fourth-order valence-electron chi connectivity index (χ4n) is 9.26. The fourth-order valence-corrected chi connectivity index (χ4v) is 11.8. The Balaban J connectivity index is 0.985. The molecule has 9 aromatic carbocycles. The molecule has 0 aromatic heterocycles. The van der Waals surface area contributed by atoms with E-state index in [1.165, 1.54) is 52.2 Å². The van der Waals surface area contributed by atoms with Crippen LogP contribution in [-0.4, -0.2) is 13.4 Å². The van der Waals surface area contributed by atoms with Crippen LogP contribution < -0.4 is 51.7 Å². The van der Waals surface area contributed by atoms with Crippen molar-refractivity contribution in [2.75, 3.05) is 0 Å². The highest BCUT2D eigenvalue weighted by atomic mass is 32.2. The molecule has 0 fully saturated rings. The molecule has 0 spiro atoms. The second-order valence-corrected chi connectivity index (χ2v) is 17.2. The first-order valence-corrected chi connectivity index (χ1v) is 21.1. The van der Waals surface area contributed by atoms with Crippen LogP contribution in [-0.2, 0) is 0 Å². The lowest BCUT2D eigenvalue weighted by Gasteiger charge is -2.37. The highest BCUT2D eigenvalue weighted by Crippen LogP contribution is 2.45. The summed E-state index contributed by atoms with van der Waals surface area (Å²) in [4.78, 5) is 4.99. The lowest BCUT2D eigenvalue weighted by atomic mass is 9.32. The van der Waals surface area contributed by atoms with Crippen molar-refractivity contribution in [3.63, 3.8) is 0 Å². The second-order valence-electron chi connectivity index (χ2n) is 15.1. The van der Waals surface area contributed by atoms with Crippen molar-refractivity contribution in [3.05, 3.63) is 170 Å². The maximum Gasteiger partial charge on any atom is 0.253 e. The van der Waals surface area contributed by atoms with Crippen molar-refractivity contribution >= 4 is 91.3 Å². The zero-order valence-corrected chi connectivity index (χ0v) is 32.4. The number of rotatable bonds is 4. The number of hydrogen-bond acceptors (Lipinski definition) is 6. The minimum absolute atomic E-state index is 0.00476. The van der Waals surface area contributed by atoms with Crippen LogP contribution in [0.5, 0.6) is 46.0 Å². The van der Waals surface area contributed by atoms with Gasteiger partial charge in [0.15, 0.2) is 0 Å². The Kier molecular flexibility index (Phi) is 7.03. The van der Waals surface area contributed by atoms with Gasteiger partial charge in [0.2, 0.25) is 0 Å². The van der Waals surface area contributed by atoms with E-state index in [0.29, 0.717) is 0 Å². The summed E-state index contributed by atoms with van der Waals surface area (Å²) in [6, 6.07) is 59.3. The molecular formula is C50H28B2O4S2. The Morgan fingerprint density at radius 3 is 1.29 bits per heavy atom. The second kappa shape index (κ2) is 12.5. The van der Waals surface area contributed by atoms with Crippen LogP contribution in [0, 0.1) is 0 Å². The number of para-hydroxylation sites is 2. The number of hydrogen-bond donors (Lipinski definition) is 0. The van der Waals surface area contributed by atoms with Crippen LogP contribution in [0.4, 0.5) is 0 Å². The van der Waals surface area contributed by atoms with Crippen LogP contribution in [0.15, 0.2) is 189 Å². The van der Waals surface area contributed by atoms with E-state index in [1.807, 2.05) is 84.2 Å². The summed E-state index contributed by atoms with van der Waals surface area (Å²) in [5.74, 6) is 6.57. The Morgan fingerprint density at radius 1 is 0.362 bits per heavy atom. The molecule has 58 heavy (non-hydrogen) atoms. The van der Waals surface area contributed by atoms with E-state index in [1.54, 1.807) is 0 Å². The average molecular weight is 779 g/mol. The molecule has 9 aromatic rings. The van der Waals surface area contributed by atoms with E-state index in [9.17, 15) is 0 Å². The molecule has 0 unspecified atom stereocenters. The van der Waals surface area contributed by atoms with Crippen molar-refractivity contribution in [2.45, 2.75) is 19.6 Å². The first-order valence-electron chi connectivity index (χ1n) is 19.4. The quantitative estimate of drug-likeness (QED) is 0.166. The third-order valence-corrected chi connectivity index (χ3v) is 14.2. The summed E-state index contributed by atoms with van der Waals surface area (Å²) in [7, 11) is 0. The summed E-state index contributed by atoms with van der Waals surface area (Å²) in [5.41, 5.74) is 7.36. The summed E-state index contributed by atoms with van der Waals surface area (Å²) < 4.78 is 26.6. The zero-order chi connectivity index (χ0) is 37.9. The number of benzene rings is 9. The lowest BCUT2D eigenvalue weighted by Crippen LogP contribution is -2.61. The standard InChI is InChI=1S/C50H28B2O4S2/c1-3-11-31(12-4-1)53-33-19-21-35-29(23-33)25-43-47-49(35)57-45-17-9-7-15-37(45)51(47)39-27-40-42(28-41(39)55-43)56-44-26-30-24-34(54-32-13-5-2-6-14-32)20-22-36(30)50-48(44)52(40)38-16-8-10-18-46(38)58-50/h1-28H. The van der Waals surface area contributed by atoms with Crippen molar-refractivity contribution in [1.82, 2.24) is 0 Å². The van der Waals surface area contributed by atoms with E-state index in [2.05, 4.69) is 109 Å². The average Bonchev–Trinajstić information content (AvgIpc) is 3.26. The first kappa shape index (κ1) is 32.6. The summed E-state index contributed by atoms with van der Waals surface area (Å²) in [6.07, 6.45) is 0.